The molecule has 2 amide bonds. The predicted molar refractivity (Wildman–Crippen MR) is 122 cm³/mol. The number of aromatic amines is 2. The Labute approximate surface area is 203 Å². The van der Waals surface area contributed by atoms with Gasteiger partial charge in [-0.2, -0.15) is 10.4 Å². The zero-order valence-corrected chi connectivity index (χ0v) is 20.7. The van der Waals surface area contributed by atoms with E-state index in [1.807, 2.05) is 11.6 Å². The van der Waals surface area contributed by atoms with Crippen molar-refractivity contribution >= 4 is 27.6 Å². The molecule has 0 fully saturated rings. The van der Waals surface area contributed by atoms with Crippen LogP contribution in [-0.4, -0.2) is 79.6 Å². The number of sulfonamides is 1. The number of aromatic nitrogens is 8. The van der Waals surface area contributed by atoms with Crippen LogP contribution in [0.2, 0.25) is 0 Å². The maximum absolute atomic E-state index is 12.3. The molecule has 4 N–H and O–H groups in total. The molecule has 2 rings (SSSR count). The first kappa shape index (κ1) is 27.9. The predicted octanol–water partition coefficient (Wildman–Crippen LogP) is -0.247. The highest BCUT2D eigenvalue weighted by molar-refractivity contribution is 7.90. The van der Waals surface area contributed by atoms with Gasteiger partial charge in [0.05, 0.1) is 11.7 Å². The number of carbonyl (C=O) groups excluding carboxylic acids is 3. The Hall–Kier alpha value is -3.30. The first-order chi connectivity index (χ1) is 16.7. The second kappa shape index (κ2) is 14.2. The van der Waals surface area contributed by atoms with Crippen LogP contribution < -0.4 is 10.0 Å². The molecule has 0 spiro atoms. The second-order valence-corrected chi connectivity index (χ2v) is 10.2. The van der Waals surface area contributed by atoms with Gasteiger partial charge in [0.1, 0.15) is 5.78 Å². The van der Waals surface area contributed by atoms with Crippen molar-refractivity contribution < 1.29 is 22.8 Å². The van der Waals surface area contributed by atoms with Crippen LogP contribution in [0.5, 0.6) is 0 Å². The Morgan fingerprint density at radius 3 is 2.14 bits per heavy atom. The second-order valence-electron chi connectivity index (χ2n) is 8.31. The largest absolute Gasteiger partial charge is 0.356 e. The number of nitrogens with zero attached hydrogens (tertiary/aromatic N) is 6. The number of Topliss-reactive ketones (excluding diaryl/α,β-unsaturated/α-hetero) is 1. The molecule has 0 aliphatic heterocycles. The molecule has 2 aromatic heterocycles. The number of rotatable bonds is 17. The zero-order valence-electron chi connectivity index (χ0n) is 19.9. The molecule has 1 atom stereocenters. The minimum atomic E-state index is -3.85. The van der Waals surface area contributed by atoms with E-state index in [0.717, 1.165) is 19.3 Å². The summed E-state index contributed by atoms with van der Waals surface area (Å²) in [5.74, 6) is -1.44. The lowest BCUT2D eigenvalue weighted by atomic mass is 10.0. The van der Waals surface area contributed by atoms with Gasteiger partial charge in [-0.25, -0.2) is 8.42 Å². The fourth-order valence-corrected chi connectivity index (χ4v) is 4.35. The van der Waals surface area contributed by atoms with Crippen LogP contribution in [0.1, 0.15) is 82.8 Å². The van der Waals surface area contributed by atoms with Crippen LogP contribution in [0.25, 0.3) is 0 Å². The van der Waals surface area contributed by atoms with Gasteiger partial charge in [0.2, 0.25) is 21.8 Å². The van der Waals surface area contributed by atoms with Crippen molar-refractivity contribution in [3.63, 3.8) is 0 Å². The molecule has 0 bridgehead atoms. The molecule has 0 radical (unpaired) electrons. The third-order valence-corrected chi connectivity index (χ3v) is 6.77. The highest BCUT2D eigenvalue weighted by Gasteiger charge is 2.27. The molecular weight excluding hydrogens is 480 g/mol. The Balaban J connectivity index is 1.62. The van der Waals surface area contributed by atoms with Gasteiger partial charge >= 0.3 is 0 Å². The van der Waals surface area contributed by atoms with Crippen molar-refractivity contribution in [2.45, 2.75) is 71.1 Å². The van der Waals surface area contributed by atoms with Crippen LogP contribution in [0.4, 0.5) is 0 Å². The van der Waals surface area contributed by atoms with E-state index in [1.54, 1.807) is 6.92 Å². The summed E-state index contributed by atoms with van der Waals surface area (Å²) >= 11 is 0. The van der Waals surface area contributed by atoms with Crippen molar-refractivity contribution in [2.75, 3.05) is 12.3 Å². The van der Waals surface area contributed by atoms with Gasteiger partial charge in [-0.05, 0) is 32.6 Å². The molecule has 2 heterocycles. The fraction of sp³-hybridized carbons (Fsp3) is 0.737. The maximum atomic E-state index is 12.3. The third-order valence-electron chi connectivity index (χ3n) is 5.40. The highest BCUT2D eigenvalue weighted by Crippen LogP contribution is 2.20. The number of hydrogen-bond acceptors (Lipinski definition) is 11. The molecule has 35 heavy (non-hydrogen) atoms. The van der Waals surface area contributed by atoms with Crippen LogP contribution in [0.3, 0.4) is 0 Å². The van der Waals surface area contributed by atoms with E-state index in [4.69, 9.17) is 0 Å². The van der Waals surface area contributed by atoms with Crippen LogP contribution in [-0.2, 0) is 24.4 Å². The first-order valence-corrected chi connectivity index (χ1v) is 13.1. The standard InChI is InChI=1S/C19H32N10O5S/c1-13(14(2)30)8-5-6-10-20-16(31)9-4-3-7-11-35(33,34)25-17(32)12-15(18-21-26-27-22-18)19-23-28-29-24-19/h13,15H,3-12H2,1-2H3,(H,20,31)(H,25,32)(H,21,22,26,27)(H,23,24,28,29)/t13-/m0/s1. The summed E-state index contributed by atoms with van der Waals surface area (Å²) in [6.07, 6.45) is 3.83. The van der Waals surface area contributed by atoms with E-state index in [9.17, 15) is 22.8 Å². The maximum Gasteiger partial charge on any atom is 0.234 e. The molecule has 194 valence electrons. The van der Waals surface area contributed by atoms with E-state index in [1.165, 1.54) is 0 Å². The lowest BCUT2D eigenvalue weighted by Crippen LogP contribution is -2.33. The van der Waals surface area contributed by atoms with Gasteiger partial charge in [0.15, 0.2) is 11.6 Å². The summed E-state index contributed by atoms with van der Waals surface area (Å²) in [6, 6.07) is 0. The monoisotopic (exact) mass is 512 g/mol. The topological polar surface area (TPSA) is 218 Å². The van der Waals surface area contributed by atoms with Crippen molar-refractivity contribution in [3.8, 4) is 0 Å². The molecule has 0 aliphatic carbocycles. The number of tetrazole rings is 2. The SMILES string of the molecule is CC(=O)[C@@H](C)CCCCNC(=O)CCCCCS(=O)(=O)NC(=O)CC(c1nn[nH]n1)c1nn[nH]n1. The molecule has 0 saturated heterocycles. The molecule has 0 aliphatic rings. The fourth-order valence-electron chi connectivity index (χ4n) is 3.23. The number of unbranched alkanes of at least 4 members (excludes halogenated alkanes) is 3. The van der Waals surface area contributed by atoms with Crippen molar-refractivity contribution in [3.05, 3.63) is 11.6 Å². The van der Waals surface area contributed by atoms with Gasteiger partial charge in [-0.15, -0.1) is 20.4 Å². The lowest BCUT2D eigenvalue weighted by Gasteiger charge is -2.10. The van der Waals surface area contributed by atoms with Gasteiger partial charge in [-0.3, -0.25) is 19.1 Å². The Bertz CT molecular complexity index is 992. The lowest BCUT2D eigenvalue weighted by molar-refractivity contribution is -0.122. The highest BCUT2D eigenvalue weighted by atomic mass is 32.2. The molecule has 16 heteroatoms. The normalized spacial score (nSPS) is 12.4. The minimum absolute atomic E-state index is 0.0455. The summed E-state index contributed by atoms with van der Waals surface area (Å²) in [5.41, 5.74) is 0. The molecule has 0 unspecified atom stereocenters. The van der Waals surface area contributed by atoms with Crippen LogP contribution >= 0.6 is 0 Å². The van der Waals surface area contributed by atoms with Gasteiger partial charge in [-0.1, -0.05) is 30.2 Å². The number of ketones is 1. The Kier molecular flexibility index (Phi) is 11.3. The van der Waals surface area contributed by atoms with Gasteiger partial charge < -0.3 is 5.32 Å². The minimum Gasteiger partial charge on any atom is -0.356 e. The quantitative estimate of drug-likeness (QED) is 0.202. The van der Waals surface area contributed by atoms with E-state index in [0.29, 0.717) is 32.2 Å². The van der Waals surface area contributed by atoms with Crippen LogP contribution in [0, 0.1) is 5.92 Å². The first-order valence-electron chi connectivity index (χ1n) is 11.4. The summed E-state index contributed by atoms with van der Waals surface area (Å²) in [4.78, 5) is 35.4. The molecular formula is C19H32N10O5S. The number of carbonyl (C=O) groups is 3. The van der Waals surface area contributed by atoms with E-state index >= 15 is 0 Å². The van der Waals surface area contributed by atoms with Crippen molar-refractivity contribution in [1.29, 1.82) is 0 Å². The zero-order chi connectivity index (χ0) is 25.7. The Morgan fingerprint density at radius 2 is 1.57 bits per heavy atom. The smallest absolute Gasteiger partial charge is 0.234 e. The summed E-state index contributed by atoms with van der Waals surface area (Å²) in [6.45, 7) is 4.03. The van der Waals surface area contributed by atoms with E-state index < -0.39 is 21.8 Å². The van der Waals surface area contributed by atoms with Gasteiger partial charge in [0.25, 0.3) is 0 Å². The third kappa shape index (κ3) is 10.7. The molecule has 15 nitrogen and oxygen atoms in total. The van der Waals surface area contributed by atoms with Crippen molar-refractivity contribution in [1.82, 2.24) is 51.3 Å². The summed E-state index contributed by atoms with van der Waals surface area (Å²) < 4.78 is 26.5. The van der Waals surface area contributed by atoms with E-state index in [2.05, 4.69) is 46.6 Å². The van der Waals surface area contributed by atoms with Crippen molar-refractivity contribution in [2.24, 2.45) is 5.92 Å². The Morgan fingerprint density at radius 1 is 0.914 bits per heavy atom. The average Bonchev–Trinajstić information content (AvgIpc) is 3.51. The molecule has 2 aromatic rings. The number of hydrogen-bond donors (Lipinski definition) is 4. The number of H-pyrrole nitrogens is 2. The number of amides is 2. The molecule has 0 aromatic carbocycles. The summed E-state index contributed by atoms with van der Waals surface area (Å²) in [5, 5.41) is 29.4. The van der Waals surface area contributed by atoms with Gasteiger partial charge in [0, 0.05) is 25.3 Å². The number of nitrogens with one attached hydrogen (secondary N) is 4. The van der Waals surface area contributed by atoms with E-state index in [-0.39, 0.29) is 41.4 Å². The average molecular weight is 513 g/mol. The summed E-state index contributed by atoms with van der Waals surface area (Å²) in [7, 11) is -3.85. The molecule has 0 saturated carbocycles. The van der Waals surface area contributed by atoms with Crippen LogP contribution in [0.15, 0.2) is 0 Å².